The summed E-state index contributed by atoms with van der Waals surface area (Å²) < 4.78 is 0. The van der Waals surface area contributed by atoms with Gasteiger partial charge in [0.2, 0.25) is 0 Å². The Morgan fingerprint density at radius 2 is 1.68 bits per heavy atom. The number of hydrogen-bond acceptors (Lipinski definition) is 2. The van der Waals surface area contributed by atoms with E-state index < -0.39 is 0 Å². The summed E-state index contributed by atoms with van der Waals surface area (Å²) in [7, 11) is 2.30. The Morgan fingerprint density at radius 3 is 2.45 bits per heavy atom. The molecular weight excluding hydrogens is 292 g/mol. The van der Waals surface area contributed by atoms with Crippen LogP contribution in [0.2, 0.25) is 0 Å². The van der Waals surface area contributed by atoms with Crippen molar-refractivity contribution in [2.75, 3.05) is 7.05 Å². The molecule has 2 unspecified atom stereocenters. The van der Waals surface area contributed by atoms with Crippen LogP contribution in [0.3, 0.4) is 0 Å². The normalized spacial score (nSPS) is 27.1. The summed E-state index contributed by atoms with van der Waals surface area (Å²) in [6.45, 7) is 1.06. The van der Waals surface area contributed by atoms with Crippen molar-refractivity contribution in [2.24, 2.45) is 0 Å². The lowest BCUT2D eigenvalue weighted by Crippen LogP contribution is -2.46. The molecule has 1 N–H and O–H groups in total. The van der Waals surface area contributed by atoms with Crippen LogP contribution in [0.15, 0.2) is 42.5 Å². The fraction of sp³-hybridized carbons (Fsp3) is 0.474. The first-order chi connectivity index (χ1) is 10.3. The molecule has 2 fully saturated rings. The summed E-state index contributed by atoms with van der Waals surface area (Å²) in [6.07, 6.45) is 5.39. The molecule has 0 spiro atoms. The number of piperidine rings is 1. The number of nitrogens with zero attached hydrogens (tertiary/aromatic N) is 1. The molecule has 2 heterocycles. The van der Waals surface area contributed by atoms with E-state index in [2.05, 4.69) is 59.7 Å². The zero-order valence-corrected chi connectivity index (χ0v) is 14.0. The molecule has 0 aromatic heterocycles. The number of benzene rings is 2. The zero-order chi connectivity index (χ0) is 14.2. The Labute approximate surface area is 139 Å². The predicted octanol–water partition coefficient (Wildman–Crippen LogP) is 3.98. The van der Waals surface area contributed by atoms with Crippen LogP contribution in [0, 0.1) is 0 Å². The highest BCUT2D eigenvalue weighted by Crippen LogP contribution is 2.30. The van der Waals surface area contributed by atoms with E-state index in [1.807, 2.05) is 0 Å². The van der Waals surface area contributed by atoms with Crippen molar-refractivity contribution in [3.8, 4) is 0 Å². The molecule has 2 aliphatic heterocycles. The van der Waals surface area contributed by atoms with E-state index in [1.165, 1.54) is 42.0 Å². The van der Waals surface area contributed by atoms with Gasteiger partial charge in [0.05, 0.1) is 0 Å². The number of rotatable bonds is 3. The van der Waals surface area contributed by atoms with Gasteiger partial charge in [-0.1, -0.05) is 42.5 Å². The van der Waals surface area contributed by atoms with Gasteiger partial charge in [-0.05, 0) is 49.1 Å². The van der Waals surface area contributed by atoms with E-state index in [9.17, 15) is 0 Å². The number of fused-ring (bicyclic) bond motifs is 3. The highest BCUT2D eigenvalue weighted by Gasteiger charge is 2.34. The third-order valence-corrected chi connectivity index (χ3v) is 5.37. The molecule has 2 bridgehead atoms. The number of halogens is 1. The standard InChI is InChI=1S/C19H24N2.ClH/c1-21(18-11-16-9-10-17(12-18)20-16)13-15-7-4-6-14-5-2-3-8-19(14)15;/h2-8,16-18,20H,9-13H2,1H3;1H. The molecule has 3 heteroatoms. The third-order valence-electron chi connectivity index (χ3n) is 5.37. The van der Waals surface area contributed by atoms with E-state index in [0.29, 0.717) is 0 Å². The van der Waals surface area contributed by atoms with E-state index in [-0.39, 0.29) is 12.4 Å². The van der Waals surface area contributed by atoms with Gasteiger partial charge in [-0.15, -0.1) is 12.4 Å². The Morgan fingerprint density at radius 1 is 1.00 bits per heavy atom. The first kappa shape index (κ1) is 15.8. The van der Waals surface area contributed by atoms with Gasteiger partial charge >= 0.3 is 0 Å². The van der Waals surface area contributed by atoms with Crippen LogP contribution in [-0.2, 0) is 6.54 Å². The highest BCUT2D eigenvalue weighted by molar-refractivity contribution is 5.85. The second-order valence-electron chi connectivity index (χ2n) is 6.82. The molecule has 0 radical (unpaired) electrons. The monoisotopic (exact) mass is 316 g/mol. The van der Waals surface area contributed by atoms with Gasteiger partial charge in [0, 0.05) is 24.7 Å². The molecule has 2 nitrogen and oxygen atoms in total. The SMILES string of the molecule is CN(Cc1cccc2ccccc12)C1CC2CCC(C1)N2.Cl. The fourth-order valence-corrected chi connectivity index (χ4v) is 4.22. The fourth-order valence-electron chi connectivity index (χ4n) is 4.22. The van der Waals surface area contributed by atoms with Crippen LogP contribution in [-0.4, -0.2) is 30.1 Å². The van der Waals surface area contributed by atoms with Crippen molar-refractivity contribution in [1.82, 2.24) is 10.2 Å². The van der Waals surface area contributed by atoms with Crippen molar-refractivity contribution in [3.05, 3.63) is 48.0 Å². The zero-order valence-electron chi connectivity index (χ0n) is 13.2. The summed E-state index contributed by atoms with van der Waals surface area (Å²) in [6, 6.07) is 17.7. The summed E-state index contributed by atoms with van der Waals surface area (Å²) in [5.74, 6) is 0. The van der Waals surface area contributed by atoms with Crippen molar-refractivity contribution in [3.63, 3.8) is 0 Å². The molecular formula is C19H25ClN2. The van der Waals surface area contributed by atoms with Gasteiger partial charge in [-0.3, -0.25) is 4.90 Å². The largest absolute Gasteiger partial charge is 0.311 e. The maximum absolute atomic E-state index is 3.74. The minimum absolute atomic E-state index is 0. The van der Waals surface area contributed by atoms with Crippen LogP contribution in [0.4, 0.5) is 0 Å². The Bertz CT molecular complexity index is 625. The first-order valence-corrected chi connectivity index (χ1v) is 8.22. The van der Waals surface area contributed by atoms with Gasteiger partial charge in [-0.25, -0.2) is 0 Å². The third kappa shape index (κ3) is 3.01. The quantitative estimate of drug-likeness (QED) is 0.921. The molecule has 2 aromatic carbocycles. The molecule has 2 atom stereocenters. The van der Waals surface area contributed by atoms with Gasteiger partial charge < -0.3 is 5.32 Å². The van der Waals surface area contributed by atoms with Crippen molar-refractivity contribution < 1.29 is 0 Å². The van der Waals surface area contributed by atoms with Gasteiger partial charge in [0.25, 0.3) is 0 Å². The van der Waals surface area contributed by atoms with E-state index in [1.54, 1.807) is 0 Å². The second-order valence-corrected chi connectivity index (χ2v) is 6.82. The van der Waals surface area contributed by atoms with E-state index in [0.717, 1.165) is 24.7 Å². The lowest BCUT2D eigenvalue weighted by atomic mass is 9.97. The first-order valence-electron chi connectivity index (χ1n) is 8.22. The maximum Gasteiger partial charge on any atom is 0.0239 e. The van der Waals surface area contributed by atoms with Crippen LogP contribution in [0.5, 0.6) is 0 Å². The molecule has 0 aliphatic carbocycles. The van der Waals surface area contributed by atoms with Crippen molar-refractivity contribution in [2.45, 2.75) is 50.4 Å². The van der Waals surface area contributed by atoms with Gasteiger partial charge in [-0.2, -0.15) is 0 Å². The average molecular weight is 317 g/mol. The van der Waals surface area contributed by atoms with E-state index in [4.69, 9.17) is 0 Å². The lowest BCUT2D eigenvalue weighted by molar-refractivity contribution is 0.166. The second kappa shape index (κ2) is 6.57. The molecule has 2 aromatic rings. The summed E-state index contributed by atoms with van der Waals surface area (Å²) in [5.41, 5.74) is 1.46. The molecule has 118 valence electrons. The smallest absolute Gasteiger partial charge is 0.0239 e. The minimum atomic E-state index is 0. The van der Waals surface area contributed by atoms with Crippen molar-refractivity contribution >= 4 is 23.2 Å². The molecule has 0 amide bonds. The number of nitrogens with one attached hydrogen (secondary N) is 1. The molecule has 4 rings (SSSR count). The topological polar surface area (TPSA) is 15.3 Å². The molecule has 2 saturated heterocycles. The summed E-state index contributed by atoms with van der Waals surface area (Å²) in [4.78, 5) is 2.58. The van der Waals surface area contributed by atoms with E-state index >= 15 is 0 Å². The molecule has 0 saturated carbocycles. The highest BCUT2D eigenvalue weighted by atomic mass is 35.5. The maximum atomic E-state index is 3.74. The average Bonchev–Trinajstić information content (AvgIpc) is 2.86. The summed E-state index contributed by atoms with van der Waals surface area (Å²) >= 11 is 0. The Hall–Kier alpha value is -1.09. The van der Waals surface area contributed by atoms with Gasteiger partial charge in [0.1, 0.15) is 0 Å². The molecule has 2 aliphatic rings. The van der Waals surface area contributed by atoms with Crippen molar-refractivity contribution in [1.29, 1.82) is 0 Å². The van der Waals surface area contributed by atoms with Crippen LogP contribution < -0.4 is 5.32 Å². The Balaban J connectivity index is 0.00000144. The lowest BCUT2D eigenvalue weighted by Gasteiger charge is -2.35. The van der Waals surface area contributed by atoms with Crippen LogP contribution in [0.25, 0.3) is 10.8 Å². The Kier molecular flexibility index (Phi) is 4.72. The summed E-state index contributed by atoms with van der Waals surface area (Å²) in [5, 5.41) is 6.50. The molecule has 22 heavy (non-hydrogen) atoms. The van der Waals surface area contributed by atoms with Gasteiger partial charge in [0.15, 0.2) is 0 Å². The predicted molar refractivity (Wildman–Crippen MR) is 95.6 cm³/mol. The van der Waals surface area contributed by atoms with Crippen LogP contribution >= 0.6 is 12.4 Å². The van der Waals surface area contributed by atoms with Crippen LogP contribution in [0.1, 0.15) is 31.2 Å². The number of hydrogen-bond donors (Lipinski definition) is 1. The minimum Gasteiger partial charge on any atom is -0.311 e.